The van der Waals surface area contributed by atoms with Crippen LogP contribution in [0.3, 0.4) is 0 Å². The Kier molecular flexibility index (Phi) is 5.27. The molecule has 6 nitrogen and oxygen atoms in total. The first-order valence-electron chi connectivity index (χ1n) is 10.5. The number of ether oxygens (including phenoxy) is 1. The van der Waals surface area contributed by atoms with Crippen molar-refractivity contribution in [3.8, 4) is 5.75 Å². The van der Waals surface area contributed by atoms with Gasteiger partial charge in [-0.05, 0) is 36.4 Å². The summed E-state index contributed by atoms with van der Waals surface area (Å²) >= 11 is 0. The monoisotopic (exact) mass is 412 g/mol. The van der Waals surface area contributed by atoms with Crippen LogP contribution in [0.5, 0.6) is 5.75 Å². The standard InChI is InChI=1S/C25H24N4O2/c30-25(28-16-14-27(15-17-28)21-8-2-1-3-9-21)22-10-4-5-11-23(22)31-19-20-18-29-13-7-6-12-24(29)26-20/h1-13,18H,14-17,19H2. The minimum absolute atomic E-state index is 0.0123. The topological polar surface area (TPSA) is 50.1 Å². The molecule has 1 fully saturated rings. The smallest absolute Gasteiger partial charge is 0.257 e. The molecule has 2 aromatic carbocycles. The summed E-state index contributed by atoms with van der Waals surface area (Å²) in [6, 6.07) is 23.7. The van der Waals surface area contributed by atoms with Crippen molar-refractivity contribution in [3.63, 3.8) is 0 Å². The quantitative estimate of drug-likeness (QED) is 0.499. The van der Waals surface area contributed by atoms with Gasteiger partial charge in [-0.15, -0.1) is 0 Å². The van der Waals surface area contributed by atoms with Gasteiger partial charge in [0.15, 0.2) is 0 Å². The van der Waals surface area contributed by atoms with E-state index in [9.17, 15) is 4.79 Å². The second kappa shape index (κ2) is 8.52. The molecule has 0 unspecified atom stereocenters. The van der Waals surface area contributed by atoms with Crippen LogP contribution in [0, 0.1) is 0 Å². The van der Waals surface area contributed by atoms with Gasteiger partial charge in [0, 0.05) is 44.3 Å². The highest BCUT2D eigenvalue weighted by molar-refractivity contribution is 5.97. The number of fused-ring (bicyclic) bond motifs is 1. The fourth-order valence-corrected chi connectivity index (χ4v) is 3.95. The summed E-state index contributed by atoms with van der Waals surface area (Å²) in [5.74, 6) is 0.605. The SMILES string of the molecule is O=C(c1ccccc1OCc1cn2ccccc2n1)N1CCN(c2ccccc2)CC1. The summed E-state index contributed by atoms with van der Waals surface area (Å²) in [5.41, 5.74) is 3.50. The number of para-hydroxylation sites is 2. The summed E-state index contributed by atoms with van der Waals surface area (Å²) in [4.78, 5) is 22.0. The Morgan fingerprint density at radius 2 is 1.61 bits per heavy atom. The Bertz CT molecular complexity index is 1150. The number of anilines is 1. The van der Waals surface area contributed by atoms with Crippen molar-refractivity contribution in [2.45, 2.75) is 6.61 Å². The lowest BCUT2D eigenvalue weighted by molar-refractivity contribution is 0.0742. The van der Waals surface area contributed by atoms with Crippen molar-refractivity contribution >= 4 is 17.2 Å². The zero-order chi connectivity index (χ0) is 21.0. The predicted molar refractivity (Wildman–Crippen MR) is 121 cm³/mol. The number of benzene rings is 2. The van der Waals surface area contributed by atoms with E-state index in [0.717, 1.165) is 24.4 Å². The number of hydrogen-bond acceptors (Lipinski definition) is 4. The number of aromatic nitrogens is 2. The molecule has 1 saturated heterocycles. The van der Waals surface area contributed by atoms with Crippen molar-refractivity contribution in [3.05, 3.63) is 96.4 Å². The molecule has 0 aliphatic carbocycles. The van der Waals surface area contributed by atoms with Crippen LogP contribution in [0.25, 0.3) is 5.65 Å². The Labute approximate surface area is 181 Å². The molecule has 31 heavy (non-hydrogen) atoms. The largest absolute Gasteiger partial charge is 0.486 e. The molecule has 0 saturated carbocycles. The minimum Gasteiger partial charge on any atom is -0.486 e. The third kappa shape index (κ3) is 4.10. The molecule has 5 rings (SSSR count). The highest BCUT2D eigenvalue weighted by atomic mass is 16.5. The van der Waals surface area contributed by atoms with E-state index < -0.39 is 0 Å². The number of carbonyl (C=O) groups excluding carboxylic acids is 1. The maximum Gasteiger partial charge on any atom is 0.257 e. The number of pyridine rings is 1. The van der Waals surface area contributed by atoms with Crippen LogP contribution < -0.4 is 9.64 Å². The Morgan fingerprint density at radius 1 is 0.871 bits per heavy atom. The zero-order valence-corrected chi connectivity index (χ0v) is 17.2. The number of carbonyl (C=O) groups is 1. The maximum absolute atomic E-state index is 13.2. The van der Waals surface area contributed by atoms with E-state index in [4.69, 9.17) is 4.74 Å². The second-order valence-electron chi connectivity index (χ2n) is 7.60. The van der Waals surface area contributed by atoms with E-state index in [2.05, 4.69) is 22.0 Å². The van der Waals surface area contributed by atoms with Gasteiger partial charge in [0.25, 0.3) is 5.91 Å². The molecule has 0 N–H and O–H groups in total. The van der Waals surface area contributed by atoms with E-state index in [1.807, 2.05) is 82.4 Å². The lowest BCUT2D eigenvalue weighted by atomic mass is 10.1. The molecule has 2 aromatic heterocycles. The van der Waals surface area contributed by atoms with Gasteiger partial charge in [0.2, 0.25) is 0 Å². The molecular formula is C25H24N4O2. The van der Waals surface area contributed by atoms with Crippen LogP contribution in [0.4, 0.5) is 5.69 Å². The molecule has 4 aromatic rings. The van der Waals surface area contributed by atoms with Gasteiger partial charge in [-0.1, -0.05) is 36.4 Å². The number of imidazole rings is 1. The van der Waals surface area contributed by atoms with Crippen LogP contribution in [-0.4, -0.2) is 46.4 Å². The predicted octanol–water partition coefficient (Wildman–Crippen LogP) is 3.88. The van der Waals surface area contributed by atoms with Gasteiger partial charge in [-0.3, -0.25) is 4.79 Å². The number of nitrogens with zero attached hydrogens (tertiary/aromatic N) is 4. The van der Waals surface area contributed by atoms with Gasteiger partial charge < -0.3 is 18.9 Å². The van der Waals surface area contributed by atoms with Crippen molar-refractivity contribution in [1.29, 1.82) is 0 Å². The van der Waals surface area contributed by atoms with Gasteiger partial charge in [-0.25, -0.2) is 4.98 Å². The molecule has 0 spiro atoms. The molecule has 0 radical (unpaired) electrons. The molecule has 0 bridgehead atoms. The van der Waals surface area contributed by atoms with Crippen LogP contribution in [0.1, 0.15) is 16.1 Å². The van der Waals surface area contributed by atoms with Crippen LogP contribution in [-0.2, 0) is 6.61 Å². The first kappa shape index (κ1) is 19.2. The third-order valence-electron chi connectivity index (χ3n) is 5.60. The summed E-state index contributed by atoms with van der Waals surface area (Å²) in [5, 5.41) is 0. The van der Waals surface area contributed by atoms with Crippen molar-refractivity contribution in [2.24, 2.45) is 0 Å². The lowest BCUT2D eigenvalue weighted by Crippen LogP contribution is -2.48. The zero-order valence-electron chi connectivity index (χ0n) is 17.2. The van der Waals surface area contributed by atoms with Crippen molar-refractivity contribution in [2.75, 3.05) is 31.1 Å². The average molecular weight is 412 g/mol. The fourth-order valence-electron chi connectivity index (χ4n) is 3.95. The van der Waals surface area contributed by atoms with E-state index in [0.29, 0.717) is 31.0 Å². The molecule has 156 valence electrons. The Morgan fingerprint density at radius 3 is 2.42 bits per heavy atom. The molecule has 1 aliphatic heterocycles. The highest BCUT2D eigenvalue weighted by Gasteiger charge is 2.24. The van der Waals surface area contributed by atoms with E-state index in [-0.39, 0.29) is 5.91 Å². The fraction of sp³-hybridized carbons (Fsp3) is 0.200. The summed E-state index contributed by atoms with van der Waals surface area (Å²) < 4.78 is 7.98. The average Bonchev–Trinajstić information content (AvgIpc) is 3.26. The maximum atomic E-state index is 13.2. The van der Waals surface area contributed by atoms with Crippen LogP contribution in [0.2, 0.25) is 0 Å². The number of amides is 1. The molecular weight excluding hydrogens is 388 g/mol. The first-order valence-corrected chi connectivity index (χ1v) is 10.5. The number of hydrogen-bond donors (Lipinski definition) is 0. The summed E-state index contributed by atoms with van der Waals surface area (Å²) in [6.45, 7) is 3.33. The molecule has 0 atom stereocenters. The third-order valence-corrected chi connectivity index (χ3v) is 5.60. The summed E-state index contributed by atoms with van der Waals surface area (Å²) in [7, 11) is 0. The second-order valence-corrected chi connectivity index (χ2v) is 7.60. The first-order chi connectivity index (χ1) is 15.3. The normalized spacial score (nSPS) is 14.1. The van der Waals surface area contributed by atoms with Gasteiger partial charge in [0.1, 0.15) is 18.0 Å². The van der Waals surface area contributed by atoms with Crippen molar-refractivity contribution in [1.82, 2.24) is 14.3 Å². The molecule has 6 heteroatoms. The highest BCUT2D eigenvalue weighted by Crippen LogP contribution is 2.23. The van der Waals surface area contributed by atoms with Gasteiger partial charge in [0.05, 0.1) is 11.3 Å². The Hall–Kier alpha value is -3.80. The van der Waals surface area contributed by atoms with Gasteiger partial charge >= 0.3 is 0 Å². The van der Waals surface area contributed by atoms with Crippen LogP contribution in [0.15, 0.2) is 85.2 Å². The molecule has 1 amide bonds. The number of piperazine rings is 1. The van der Waals surface area contributed by atoms with E-state index in [1.165, 1.54) is 5.69 Å². The Balaban J connectivity index is 1.26. The minimum atomic E-state index is 0.0123. The lowest BCUT2D eigenvalue weighted by Gasteiger charge is -2.36. The van der Waals surface area contributed by atoms with Gasteiger partial charge in [-0.2, -0.15) is 0 Å². The van der Waals surface area contributed by atoms with E-state index in [1.54, 1.807) is 0 Å². The van der Waals surface area contributed by atoms with E-state index >= 15 is 0 Å². The number of rotatable bonds is 5. The van der Waals surface area contributed by atoms with Crippen LogP contribution >= 0.6 is 0 Å². The molecule has 1 aliphatic rings. The summed E-state index contributed by atoms with van der Waals surface area (Å²) in [6.07, 6.45) is 3.90. The molecule has 3 heterocycles. The van der Waals surface area contributed by atoms with Crippen molar-refractivity contribution < 1.29 is 9.53 Å².